The topological polar surface area (TPSA) is 70.9 Å². The molecule has 0 aliphatic carbocycles. The van der Waals surface area contributed by atoms with E-state index in [4.69, 9.17) is 0 Å². The largest absolute Gasteiger partial charge is 0.347 e. The normalized spacial score (nSPS) is 10.8. The zero-order valence-corrected chi connectivity index (χ0v) is 9.81. The van der Waals surface area contributed by atoms with Crippen LogP contribution in [0.25, 0.3) is 11.2 Å². The SMILES string of the molecule is CNNc1nc(N(C)C)nc2c1ncn2C. The maximum atomic E-state index is 4.42. The fraction of sp³-hybridized carbons (Fsp3) is 0.444. The van der Waals surface area contributed by atoms with E-state index in [1.807, 2.05) is 30.6 Å². The molecule has 86 valence electrons. The number of aryl methyl sites for hydroxylation is 1. The Balaban J connectivity index is 2.65. The second kappa shape index (κ2) is 3.93. The van der Waals surface area contributed by atoms with Crippen molar-refractivity contribution in [3.05, 3.63) is 6.33 Å². The van der Waals surface area contributed by atoms with Gasteiger partial charge in [0.15, 0.2) is 17.0 Å². The Labute approximate surface area is 93.5 Å². The first kappa shape index (κ1) is 10.6. The van der Waals surface area contributed by atoms with Gasteiger partial charge in [-0.05, 0) is 0 Å². The minimum atomic E-state index is 0.647. The van der Waals surface area contributed by atoms with Crippen molar-refractivity contribution < 1.29 is 0 Å². The first-order valence-electron chi connectivity index (χ1n) is 4.92. The van der Waals surface area contributed by atoms with Crippen LogP contribution in [0.3, 0.4) is 0 Å². The van der Waals surface area contributed by atoms with E-state index < -0.39 is 0 Å². The molecule has 2 aromatic rings. The number of hydrogen-bond acceptors (Lipinski definition) is 6. The lowest BCUT2D eigenvalue weighted by molar-refractivity contribution is 0.913. The van der Waals surface area contributed by atoms with Gasteiger partial charge in [0.2, 0.25) is 5.95 Å². The molecule has 0 atom stereocenters. The molecule has 16 heavy (non-hydrogen) atoms. The number of imidazole rings is 1. The van der Waals surface area contributed by atoms with Crippen LogP contribution in [0.1, 0.15) is 0 Å². The lowest BCUT2D eigenvalue weighted by atomic mass is 10.5. The number of nitrogens with zero attached hydrogens (tertiary/aromatic N) is 5. The van der Waals surface area contributed by atoms with Gasteiger partial charge < -0.3 is 14.9 Å². The summed E-state index contributed by atoms with van der Waals surface area (Å²) in [7, 11) is 7.50. The molecule has 0 fully saturated rings. The molecule has 7 heteroatoms. The summed E-state index contributed by atoms with van der Waals surface area (Å²) < 4.78 is 1.87. The zero-order valence-electron chi connectivity index (χ0n) is 9.81. The van der Waals surface area contributed by atoms with E-state index in [2.05, 4.69) is 25.8 Å². The Hall–Kier alpha value is -1.89. The highest BCUT2D eigenvalue weighted by Gasteiger charge is 2.12. The summed E-state index contributed by atoms with van der Waals surface area (Å²) in [4.78, 5) is 14.9. The van der Waals surface area contributed by atoms with Gasteiger partial charge in [-0.1, -0.05) is 0 Å². The van der Waals surface area contributed by atoms with E-state index >= 15 is 0 Å². The molecule has 2 heterocycles. The molecule has 0 aliphatic heterocycles. The summed E-state index contributed by atoms with van der Waals surface area (Å²) in [5, 5.41) is 0. The van der Waals surface area contributed by atoms with E-state index in [0.717, 1.165) is 11.2 Å². The molecule has 0 spiro atoms. The van der Waals surface area contributed by atoms with Gasteiger partial charge in [0.25, 0.3) is 0 Å². The van der Waals surface area contributed by atoms with Crippen LogP contribution in [0.15, 0.2) is 6.33 Å². The van der Waals surface area contributed by atoms with Crippen LogP contribution in [0.5, 0.6) is 0 Å². The van der Waals surface area contributed by atoms with Crippen LogP contribution < -0.4 is 15.8 Å². The lowest BCUT2D eigenvalue weighted by Crippen LogP contribution is -2.19. The van der Waals surface area contributed by atoms with Crippen molar-refractivity contribution in [1.82, 2.24) is 24.9 Å². The van der Waals surface area contributed by atoms with Gasteiger partial charge in [-0.2, -0.15) is 9.97 Å². The number of hydrazine groups is 1. The van der Waals surface area contributed by atoms with Crippen LogP contribution in [0.2, 0.25) is 0 Å². The highest BCUT2D eigenvalue weighted by atomic mass is 15.4. The van der Waals surface area contributed by atoms with Crippen molar-refractivity contribution in [3.63, 3.8) is 0 Å². The van der Waals surface area contributed by atoms with Gasteiger partial charge in [-0.15, -0.1) is 0 Å². The average Bonchev–Trinajstić information content (AvgIpc) is 2.61. The predicted octanol–water partition coefficient (Wildman–Crippen LogP) is -0.0244. The van der Waals surface area contributed by atoms with Crippen molar-refractivity contribution >= 4 is 22.9 Å². The third-order valence-electron chi connectivity index (χ3n) is 2.19. The van der Waals surface area contributed by atoms with E-state index in [1.165, 1.54) is 0 Å². The van der Waals surface area contributed by atoms with Gasteiger partial charge in [-0.3, -0.25) is 0 Å². The van der Waals surface area contributed by atoms with Crippen LogP contribution in [0, 0.1) is 0 Å². The molecular weight excluding hydrogens is 206 g/mol. The molecule has 0 bridgehead atoms. The molecule has 0 aromatic carbocycles. The molecule has 0 amide bonds. The minimum absolute atomic E-state index is 0.647. The van der Waals surface area contributed by atoms with Gasteiger partial charge in [0.1, 0.15) is 0 Å². The van der Waals surface area contributed by atoms with E-state index in [-0.39, 0.29) is 0 Å². The number of nitrogens with one attached hydrogen (secondary N) is 2. The van der Waals surface area contributed by atoms with Crippen molar-refractivity contribution in [3.8, 4) is 0 Å². The molecule has 0 radical (unpaired) electrons. The zero-order chi connectivity index (χ0) is 11.7. The monoisotopic (exact) mass is 221 g/mol. The van der Waals surface area contributed by atoms with Crippen LogP contribution in [-0.2, 0) is 7.05 Å². The number of hydrogen-bond donors (Lipinski definition) is 2. The Morgan fingerprint density at radius 3 is 2.69 bits per heavy atom. The van der Waals surface area contributed by atoms with Crippen molar-refractivity contribution in [2.45, 2.75) is 0 Å². The molecule has 2 aromatic heterocycles. The van der Waals surface area contributed by atoms with Crippen molar-refractivity contribution in [2.24, 2.45) is 7.05 Å². The summed E-state index contributed by atoms with van der Waals surface area (Å²) in [5.74, 6) is 1.32. The Bertz CT molecular complexity index is 502. The fourth-order valence-corrected chi connectivity index (χ4v) is 1.40. The number of rotatable bonds is 3. The number of anilines is 2. The first-order valence-corrected chi connectivity index (χ1v) is 4.92. The quantitative estimate of drug-likeness (QED) is 0.710. The smallest absolute Gasteiger partial charge is 0.228 e. The van der Waals surface area contributed by atoms with Crippen LogP contribution >= 0.6 is 0 Å². The Morgan fingerprint density at radius 2 is 2.06 bits per heavy atom. The minimum Gasteiger partial charge on any atom is -0.347 e. The third-order valence-corrected chi connectivity index (χ3v) is 2.19. The van der Waals surface area contributed by atoms with Gasteiger partial charge >= 0.3 is 0 Å². The van der Waals surface area contributed by atoms with E-state index in [1.54, 1.807) is 13.4 Å². The van der Waals surface area contributed by atoms with Crippen molar-refractivity contribution in [1.29, 1.82) is 0 Å². The van der Waals surface area contributed by atoms with Gasteiger partial charge in [0, 0.05) is 28.2 Å². The second-order valence-electron chi connectivity index (χ2n) is 3.67. The molecule has 0 unspecified atom stereocenters. The molecule has 0 aliphatic rings. The van der Waals surface area contributed by atoms with Crippen LogP contribution in [0.4, 0.5) is 11.8 Å². The molecule has 2 N–H and O–H groups in total. The molecule has 0 saturated carbocycles. The lowest BCUT2D eigenvalue weighted by Gasteiger charge is -2.12. The highest BCUT2D eigenvalue weighted by molar-refractivity contribution is 5.84. The number of fused-ring (bicyclic) bond motifs is 1. The van der Waals surface area contributed by atoms with E-state index in [9.17, 15) is 0 Å². The van der Waals surface area contributed by atoms with Crippen molar-refractivity contribution in [2.75, 3.05) is 31.5 Å². The Morgan fingerprint density at radius 1 is 1.31 bits per heavy atom. The molecule has 0 saturated heterocycles. The number of aromatic nitrogens is 4. The van der Waals surface area contributed by atoms with Crippen LogP contribution in [-0.4, -0.2) is 40.7 Å². The summed E-state index contributed by atoms with van der Waals surface area (Å²) in [6, 6.07) is 0. The maximum Gasteiger partial charge on any atom is 0.228 e. The van der Waals surface area contributed by atoms with Gasteiger partial charge in [-0.25, -0.2) is 10.4 Å². The summed E-state index contributed by atoms with van der Waals surface area (Å²) in [6.07, 6.45) is 1.72. The Kier molecular flexibility index (Phi) is 2.61. The second-order valence-corrected chi connectivity index (χ2v) is 3.67. The maximum absolute atomic E-state index is 4.42. The molecule has 2 rings (SSSR count). The van der Waals surface area contributed by atoms with Gasteiger partial charge in [0.05, 0.1) is 6.33 Å². The standard InChI is InChI=1S/C9H15N7/c1-10-14-7-6-8(16(4)5-11-6)13-9(12-7)15(2)3/h5,10H,1-4H3,(H,12,13,14). The third kappa shape index (κ3) is 1.65. The summed E-state index contributed by atoms with van der Waals surface area (Å²) in [6.45, 7) is 0. The average molecular weight is 221 g/mol. The molecule has 7 nitrogen and oxygen atoms in total. The summed E-state index contributed by atoms with van der Waals surface area (Å²) in [5.41, 5.74) is 7.35. The van der Waals surface area contributed by atoms with E-state index in [0.29, 0.717) is 11.8 Å². The highest BCUT2D eigenvalue weighted by Crippen LogP contribution is 2.20. The summed E-state index contributed by atoms with van der Waals surface area (Å²) >= 11 is 0. The fourth-order valence-electron chi connectivity index (χ4n) is 1.40. The first-order chi connectivity index (χ1) is 7.63. The predicted molar refractivity (Wildman–Crippen MR) is 63.3 cm³/mol. The molecular formula is C9H15N7.